The molecule has 0 aliphatic rings. The number of hydrogen-bond acceptors (Lipinski definition) is 3. The highest BCUT2D eigenvalue weighted by atomic mass is 79.9. The van der Waals surface area contributed by atoms with Crippen LogP contribution in [0.2, 0.25) is 0 Å². The van der Waals surface area contributed by atoms with E-state index in [2.05, 4.69) is 15.9 Å². The Kier molecular flexibility index (Phi) is 5.78. The standard InChI is InChI=1S/C13H20BrNO2/c1-9(15)5-4-6-10-7-12(16-2)13(17-3)8-11(10)14/h7-9H,4-6,15H2,1-3H3. The maximum atomic E-state index is 5.74. The van der Waals surface area contributed by atoms with Gasteiger partial charge in [-0.05, 0) is 43.9 Å². The molecule has 1 aromatic rings. The SMILES string of the molecule is COc1cc(Br)c(CCCC(C)N)cc1OC. The molecule has 0 amide bonds. The molecule has 0 fully saturated rings. The van der Waals surface area contributed by atoms with Crippen molar-refractivity contribution in [3.63, 3.8) is 0 Å². The van der Waals surface area contributed by atoms with Crippen molar-refractivity contribution in [1.82, 2.24) is 0 Å². The smallest absolute Gasteiger partial charge is 0.161 e. The van der Waals surface area contributed by atoms with Crippen LogP contribution >= 0.6 is 15.9 Å². The fourth-order valence-corrected chi connectivity index (χ4v) is 2.22. The number of ether oxygens (including phenoxy) is 2. The van der Waals surface area contributed by atoms with Gasteiger partial charge in [0.2, 0.25) is 0 Å². The van der Waals surface area contributed by atoms with E-state index in [1.54, 1.807) is 14.2 Å². The summed E-state index contributed by atoms with van der Waals surface area (Å²) < 4.78 is 11.6. The molecule has 0 aliphatic heterocycles. The summed E-state index contributed by atoms with van der Waals surface area (Å²) in [5.74, 6) is 1.52. The second kappa shape index (κ2) is 6.87. The number of aryl methyl sites for hydroxylation is 1. The summed E-state index contributed by atoms with van der Waals surface area (Å²) in [6.07, 6.45) is 3.09. The third kappa shape index (κ3) is 4.21. The number of rotatable bonds is 6. The van der Waals surface area contributed by atoms with Crippen molar-refractivity contribution < 1.29 is 9.47 Å². The molecule has 3 nitrogen and oxygen atoms in total. The van der Waals surface area contributed by atoms with Gasteiger partial charge < -0.3 is 15.2 Å². The third-order valence-electron chi connectivity index (χ3n) is 2.66. The molecule has 0 radical (unpaired) electrons. The van der Waals surface area contributed by atoms with Crippen LogP contribution in [0.15, 0.2) is 16.6 Å². The van der Waals surface area contributed by atoms with E-state index in [0.717, 1.165) is 35.2 Å². The van der Waals surface area contributed by atoms with E-state index in [9.17, 15) is 0 Å². The molecular formula is C13H20BrNO2. The fourth-order valence-electron chi connectivity index (χ4n) is 1.70. The summed E-state index contributed by atoms with van der Waals surface area (Å²) in [5.41, 5.74) is 6.97. The van der Waals surface area contributed by atoms with E-state index in [1.165, 1.54) is 5.56 Å². The first-order valence-electron chi connectivity index (χ1n) is 5.74. The van der Waals surface area contributed by atoms with Crippen LogP contribution in [0.4, 0.5) is 0 Å². The summed E-state index contributed by atoms with van der Waals surface area (Å²) in [7, 11) is 3.29. The van der Waals surface area contributed by atoms with Crippen molar-refractivity contribution >= 4 is 15.9 Å². The van der Waals surface area contributed by atoms with Gasteiger partial charge in [-0.15, -0.1) is 0 Å². The number of hydrogen-bond donors (Lipinski definition) is 1. The highest BCUT2D eigenvalue weighted by Gasteiger charge is 2.09. The van der Waals surface area contributed by atoms with Crippen LogP contribution < -0.4 is 15.2 Å². The minimum absolute atomic E-state index is 0.258. The molecule has 0 saturated carbocycles. The lowest BCUT2D eigenvalue weighted by molar-refractivity contribution is 0.354. The van der Waals surface area contributed by atoms with Crippen molar-refractivity contribution in [3.8, 4) is 11.5 Å². The minimum Gasteiger partial charge on any atom is -0.493 e. The van der Waals surface area contributed by atoms with Gasteiger partial charge in [-0.25, -0.2) is 0 Å². The molecule has 0 aliphatic carbocycles. The predicted molar refractivity (Wildman–Crippen MR) is 73.8 cm³/mol. The first-order valence-corrected chi connectivity index (χ1v) is 6.53. The maximum absolute atomic E-state index is 5.74. The van der Waals surface area contributed by atoms with Crippen molar-refractivity contribution in [2.45, 2.75) is 32.2 Å². The zero-order valence-electron chi connectivity index (χ0n) is 10.6. The molecular weight excluding hydrogens is 282 g/mol. The fraction of sp³-hybridized carbons (Fsp3) is 0.538. The molecule has 2 N–H and O–H groups in total. The molecule has 17 heavy (non-hydrogen) atoms. The molecule has 1 unspecified atom stereocenters. The molecule has 1 aromatic carbocycles. The third-order valence-corrected chi connectivity index (χ3v) is 3.40. The lowest BCUT2D eigenvalue weighted by atomic mass is 10.1. The average Bonchev–Trinajstić information content (AvgIpc) is 2.30. The second-order valence-corrected chi connectivity index (χ2v) is 5.02. The van der Waals surface area contributed by atoms with E-state index in [-0.39, 0.29) is 6.04 Å². The lowest BCUT2D eigenvalue weighted by Crippen LogP contribution is -2.14. The van der Waals surface area contributed by atoms with Gasteiger partial charge in [-0.2, -0.15) is 0 Å². The maximum Gasteiger partial charge on any atom is 0.161 e. The molecule has 0 spiro atoms. The summed E-state index contributed by atoms with van der Waals surface area (Å²) >= 11 is 3.55. The van der Waals surface area contributed by atoms with Gasteiger partial charge in [0.25, 0.3) is 0 Å². The first-order chi connectivity index (χ1) is 8.08. The zero-order chi connectivity index (χ0) is 12.8. The van der Waals surface area contributed by atoms with Crippen molar-refractivity contribution in [3.05, 3.63) is 22.2 Å². The van der Waals surface area contributed by atoms with Gasteiger partial charge >= 0.3 is 0 Å². The highest BCUT2D eigenvalue weighted by Crippen LogP contribution is 2.33. The van der Waals surface area contributed by atoms with E-state index >= 15 is 0 Å². The molecule has 0 bridgehead atoms. The van der Waals surface area contributed by atoms with Gasteiger partial charge in [0.05, 0.1) is 14.2 Å². The quantitative estimate of drug-likeness (QED) is 0.878. The van der Waals surface area contributed by atoms with E-state index < -0.39 is 0 Å². The van der Waals surface area contributed by atoms with Gasteiger partial charge in [0.1, 0.15) is 0 Å². The van der Waals surface area contributed by atoms with E-state index in [4.69, 9.17) is 15.2 Å². The van der Waals surface area contributed by atoms with Gasteiger partial charge in [0, 0.05) is 10.5 Å². The number of methoxy groups -OCH3 is 2. The summed E-state index contributed by atoms with van der Waals surface area (Å²) in [6.45, 7) is 2.03. The second-order valence-electron chi connectivity index (χ2n) is 4.17. The first kappa shape index (κ1) is 14.3. The Morgan fingerprint density at radius 1 is 1.24 bits per heavy atom. The van der Waals surface area contributed by atoms with Crippen LogP contribution in [-0.2, 0) is 6.42 Å². The predicted octanol–water partition coefficient (Wildman–Crippen LogP) is 3.14. The Labute approximate surface area is 111 Å². The molecule has 4 heteroatoms. The minimum atomic E-state index is 0.258. The largest absolute Gasteiger partial charge is 0.493 e. The normalized spacial score (nSPS) is 12.3. The molecule has 0 heterocycles. The summed E-state index contributed by atoms with van der Waals surface area (Å²) in [6, 6.07) is 4.22. The Morgan fingerprint density at radius 3 is 2.35 bits per heavy atom. The molecule has 1 rings (SSSR count). The van der Waals surface area contributed by atoms with Crippen LogP contribution in [0.1, 0.15) is 25.3 Å². The Balaban J connectivity index is 2.78. The zero-order valence-corrected chi connectivity index (χ0v) is 12.2. The van der Waals surface area contributed by atoms with E-state index in [0.29, 0.717) is 0 Å². The van der Waals surface area contributed by atoms with Crippen LogP contribution in [0, 0.1) is 0 Å². The van der Waals surface area contributed by atoms with Gasteiger partial charge in [0.15, 0.2) is 11.5 Å². The van der Waals surface area contributed by atoms with Crippen molar-refractivity contribution in [1.29, 1.82) is 0 Å². The van der Waals surface area contributed by atoms with Crippen molar-refractivity contribution in [2.24, 2.45) is 5.73 Å². The number of nitrogens with two attached hydrogens (primary N) is 1. The van der Waals surface area contributed by atoms with Gasteiger partial charge in [-0.1, -0.05) is 15.9 Å². The Bertz CT molecular complexity index is 367. The lowest BCUT2D eigenvalue weighted by Gasteiger charge is -2.12. The molecule has 0 saturated heterocycles. The van der Waals surface area contributed by atoms with Crippen molar-refractivity contribution in [2.75, 3.05) is 14.2 Å². The monoisotopic (exact) mass is 301 g/mol. The average molecular weight is 302 g/mol. The van der Waals surface area contributed by atoms with Crippen LogP contribution in [-0.4, -0.2) is 20.3 Å². The molecule has 0 aromatic heterocycles. The summed E-state index contributed by atoms with van der Waals surface area (Å²) in [5, 5.41) is 0. The number of benzene rings is 1. The Morgan fingerprint density at radius 2 is 1.82 bits per heavy atom. The summed E-state index contributed by atoms with van der Waals surface area (Å²) in [4.78, 5) is 0. The molecule has 96 valence electrons. The van der Waals surface area contributed by atoms with Crippen LogP contribution in [0.25, 0.3) is 0 Å². The number of halogens is 1. The Hall–Kier alpha value is -0.740. The van der Waals surface area contributed by atoms with Gasteiger partial charge in [-0.3, -0.25) is 0 Å². The highest BCUT2D eigenvalue weighted by molar-refractivity contribution is 9.10. The topological polar surface area (TPSA) is 44.5 Å². The van der Waals surface area contributed by atoms with E-state index in [1.807, 2.05) is 19.1 Å². The molecule has 1 atom stereocenters. The van der Waals surface area contributed by atoms with Crippen LogP contribution in [0.3, 0.4) is 0 Å². The van der Waals surface area contributed by atoms with Crippen LogP contribution in [0.5, 0.6) is 11.5 Å².